The second-order valence-corrected chi connectivity index (χ2v) is 13.9. The van der Waals surface area contributed by atoms with Crippen molar-refractivity contribution in [3.05, 3.63) is 174 Å². The van der Waals surface area contributed by atoms with Gasteiger partial charge in [0.2, 0.25) is 0 Å². The second-order valence-electron chi connectivity index (χ2n) is 13.9. The molecule has 5 N–H and O–H groups in total. The maximum atomic E-state index is 13.4. The number of rotatable bonds is 12. The number of fused-ring (bicyclic) bond motifs is 2. The summed E-state index contributed by atoms with van der Waals surface area (Å²) in [7, 11) is 3.00. The minimum Gasteiger partial charge on any atom is -0.505 e. The monoisotopic (exact) mass is 835 g/mol. The van der Waals surface area contributed by atoms with Crippen LogP contribution in [0.25, 0.3) is 21.5 Å². The highest BCUT2D eigenvalue weighted by atomic mass is 16.5. The van der Waals surface area contributed by atoms with Crippen molar-refractivity contribution in [3.63, 3.8) is 0 Å². The third-order valence-electron chi connectivity index (χ3n) is 9.98. The van der Waals surface area contributed by atoms with Gasteiger partial charge in [0.25, 0.3) is 17.7 Å². The number of para-hydroxylation sites is 4. The molecule has 0 aliphatic rings. The van der Waals surface area contributed by atoms with Gasteiger partial charge in [0.05, 0.1) is 48.1 Å². The zero-order valence-corrected chi connectivity index (χ0v) is 33.7. The molecule has 63 heavy (non-hydrogen) atoms. The van der Waals surface area contributed by atoms with E-state index in [1.807, 2.05) is 18.2 Å². The van der Waals surface area contributed by atoms with Crippen molar-refractivity contribution in [2.75, 3.05) is 30.2 Å². The minimum atomic E-state index is -0.558. The second kappa shape index (κ2) is 18.1. The van der Waals surface area contributed by atoms with Crippen LogP contribution in [-0.4, -0.2) is 42.2 Å². The van der Waals surface area contributed by atoms with Gasteiger partial charge in [-0.05, 0) is 95.7 Å². The smallest absolute Gasteiger partial charge is 0.259 e. The number of phenols is 2. The van der Waals surface area contributed by atoms with Gasteiger partial charge in [-0.15, -0.1) is 10.2 Å². The van der Waals surface area contributed by atoms with Crippen LogP contribution in [0.3, 0.4) is 0 Å². The lowest BCUT2D eigenvalue weighted by molar-refractivity contribution is 0.101. The number of benzene rings is 8. The number of aromatic hydroxyl groups is 2. The molecule has 14 heteroatoms. The molecule has 0 saturated carbocycles. The molecule has 0 aliphatic heterocycles. The highest BCUT2D eigenvalue weighted by molar-refractivity contribution is 6.13. The van der Waals surface area contributed by atoms with Gasteiger partial charge in [-0.3, -0.25) is 14.4 Å². The van der Waals surface area contributed by atoms with E-state index in [9.17, 15) is 24.6 Å². The predicted molar refractivity (Wildman–Crippen MR) is 242 cm³/mol. The number of methoxy groups -OCH3 is 2. The quantitative estimate of drug-likeness (QED) is 0.0755. The zero-order valence-electron chi connectivity index (χ0n) is 33.7. The maximum Gasteiger partial charge on any atom is 0.259 e. The fourth-order valence-corrected chi connectivity index (χ4v) is 6.77. The van der Waals surface area contributed by atoms with Crippen molar-refractivity contribution in [2.24, 2.45) is 20.5 Å². The predicted octanol–water partition coefficient (Wildman–Crippen LogP) is 12.0. The van der Waals surface area contributed by atoms with Crippen molar-refractivity contribution >= 4 is 79.1 Å². The van der Waals surface area contributed by atoms with Crippen LogP contribution in [0.2, 0.25) is 0 Å². The van der Waals surface area contributed by atoms with E-state index in [1.165, 1.54) is 14.2 Å². The van der Waals surface area contributed by atoms with E-state index in [-0.39, 0.29) is 39.9 Å². The highest BCUT2D eigenvalue weighted by Gasteiger charge is 2.21. The van der Waals surface area contributed by atoms with Crippen LogP contribution in [0, 0.1) is 0 Å². The fraction of sp³-hybridized carbons (Fsp3) is 0.0408. The van der Waals surface area contributed by atoms with Crippen LogP contribution in [-0.2, 0) is 0 Å². The van der Waals surface area contributed by atoms with Gasteiger partial charge in [-0.1, -0.05) is 72.8 Å². The number of anilines is 3. The molecule has 0 aromatic heterocycles. The van der Waals surface area contributed by atoms with Crippen molar-refractivity contribution in [2.45, 2.75) is 0 Å². The lowest BCUT2D eigenvalue weighted by atomic mass is 10.0. The van der Waals surface area contributed by atoms with Gasteiger partial charge in [0.15, 0.2) is 11.5 Å². The molecule has 0 aliphatic carbocycles. The Morgan fingerprint density at radius 1 is 0.460 bits per heavy atom. The Hall–Kier alpha value is -8.91. The molecule has 0 spiro atoms. The van der Waals surface area contributed by atoms with Gasteiger partial charge in [-0.25, -0.2) is 0 Å². The molecule has 8 aromatic rings. The molecule has 3 amide bonds. The summed E-state index contributed by atoms with van der Waals surface area (Å²) in [5.41, 5.74) is 2.77. The van der Waals surface area contributed by atoms with Crippen LogP contribution < -0.4 is 25.4 Å². The summed E-state index contributed by atoms with van der Waals surface area (Å²) in [5.74, 6) is -1.25. The molecule has 0 unspecified atom stereocenters. The number of hydrogen-bond donors (Lipinski definition) is 5. The number of nitrogens with zero attached hydrogens (tertiary/aromatic N) is 4. The van der Waals surface area contributed by atoms with Crippen molar-refractivity contribution in [1.29, 1.82) is 0 Å². The van der Waals surface area contributed by atoms with Crippen molar-refractivity contribution in [1.82, 2.24) is 0 Å². The zero-order chi connectivity index (χ0) is 43.9. The molecular formula is C49H37N7O7. The minimum absolute atomic E-state index is 0.00177. The number of ether oxygens (including phenoxy) is 2. The lowest BCUT2D eigenvalue weighted by Crippen LogP contribution is -2.13. The first-order chi connectivity index (χ1) is 30.7. The Labute approximate surface area is 360 Å². The molecule has 0 atom stereocenters. The van der Waals surface area contributed by atoms with E-state index >= 15 is 0 Å². The van der Waals surface area contributed by atoms with E-state index in [0.29, 0.717) is 67.0 Å². The molecule has 0 heterocycles. The first-order valence-corrected chi connectivity index (χ1v) is 19.4. The van der Waals surface area contributed by atoms with Gasteiger partial charge >= 0.3 is 0 Å². The van der Waals surface area contributed by atoms with Crippen LogP contribution in [0.15, 0.2) is 178 Å². The number of phenolic OH excluding ortho intramolecular Hbond substituents is 2. The molecule has 310 valence electrons. The summed E-state index contributed by atoms with van der Waals surface area (Å²) >= 11 is 0. The van der Waals surface area contributed by atoms with E-state index in [2.05, 4.69) is 36.4 Å². The summed E-state index contributed by atoms with van der Waals surface area (Å²) in [6.07, 6.45) is 0. The normalized spacial score (nSPS) is 11.2. The summed E-state index contributed by atoms with van der Waals surface area (Å²) < 4.78 is 10.7. The number of carbonyl (C=O) groups is 3. The Morgan fingerprint density at radius 3 is 1.33 bits per heavy atom. The van der Waals surface area contributed by atoms with Crippen LogP contribution in [0.4, 0.5) is 39.8 Å². The molecular weight excluding hydrogens is 799 g/mol. The fourth-order valence-electron chi connectivity index (χ4n) is 6.77. The van der Waals surface area contributed by atoms with Crippen molar-refractivity contribution in [3.8, 4) is 23.0 Å². The topological polar surface area (TPSA) is 196 Å². The third-order valence-corrected chi connectivity index (χ3v) is 9.98. The molecule has 0 bridgehead atoms. The molecule has 0 saturated heterocycles. The summed E-state index contributed by atoms with van der Waals surface area (Å²) in [6, 6.07) is 44.5. The average Bonchev–Trinajstić information content (AvgIpc) is 3.31. The standard InChI is InChI=1S/C49H37N7O7/c1-62-41-17-9-7-15-39(41)51-48(60)37-27-30-11-3-5-13-35(30)43(45(37)57)55-53-33-21-19-29(20-22-33)47(59)50-32-23-25-34(26-24-32)54-56-44-36-14-6-4-12-31(36)28-38(46(44)58)49(61)52-40-16-8-10-18-42(40)63-2/h3-28,57-58H,1-2H3,(H,50,59)(H,51,60)(H,52,61). The number of azo groups is 2. The van der Waals surface area contributed by atoms with Gasteiger partial charge in [0.1, 0.15) is 22.9 Å². The number of carbonyl (C=O) groups excluding carboxylic acids is 3. The molecule has 0 fully saturated rings. The summed E-state index contributed by atoms with van der Waals surface area (Å²) in [6.45, 7) is 0. The number of nitrogens with one attached hydrogen (secondary N) is 3. The lowest BCUT2D eigenvalue weighted by Gasteiger charge is -2.13. The Morgan fingerprint density at radius 2 is 0.873 bits per heavy atom. The molecule has 8 rings (SSSR count). The van der Waals surface area contributed by atoms with Gasteiger partial charge in [0, 0.05) is 22.0 Å². The molecule has 0 radical (unpaired) electrons. The first kappa shape index (κ1) is 40.9. The van der Waals surface area contributed by atoms with Gasteiger partial charge < -0.3 is 35.6 Å². The maximum absolute atomic E-state index is 13.4. The number of amides is 3. The van der Waals surface area contributed by atoms with E-state index in [1.54, 1.807) is 140 Å². The Kier molecular flexibility index (Phi) is 11.8. The largest absolute Gasteiger partial charge is 0.505 e. The van der Waals surface area contributed by atoms with E-state index < -0.39 is 11.8 Å². The Balaban J connectivity index is 0.953. The van der Waals surface area contributed by atoms with Crippen LogP contribution >= 0.6 is 0 Å². The Bertz CT molecular complexity index is 3100. The summed E-state index contributed by atoms with van der Waals surface area (Å²) in [4.78, 5) is 40.0. The molecule has 14 nitrogen and oxygen atoms in total. The third kappa shape index (κ3) is 8.86. The molecule has 8 aromatic carbocycles. The van der Waals surface area contributed by atoms with Crippen LogP contribution in [0.1, 0.15) is 31.1 Å². The summed E-state index contributed by atoms with van der Waals surface area (Å²) in [5, 5.41) is 50.9. The van der Waals surface area contributed by atoms with E-state index in [4.69, 9.17) is 9.47 Å². The highest BCUT2D eigenvalue weighted by Crippen LogP contribution is 2.42. The number of hydrogen-bond acceptors (Lipinski definition) is 11. The SMILES string of the molecule is COc1ccccc1NC(=O)c1cc2ccccc2c(N=Nc2ccc(NC(=O)c3ccc(N=Nc4c(O)c(C(=O)Nc5ccccc5OC)cc5ccccc45)cc3)cc2)c1O. The first-order valence-electron chi connectivity index (χ1n) is 19.4. The van der Waals surface area contributed by atoms with Crippen LogP contribution in [0.5, 0.6) is 23.0 Å². The van der Waals surface area contributed by atoms with E-state index in [0.717, 1.165) is 0 Å². The van der Waals surface area contributed by atoms with Gasteiger partial charge in [-0.2, -0.15) is 10.2 Å². The van der Waals surface area contributed by atoms with Crippen molar-refractivity contribution < 1.29 is 34.1 Å². The average molecular weight is 836 g/mol.